The number of hydrogen-bond acceptors (Lipinski definition) is 3. The fourth-order valence-corrected chi connectivity index (χ4v) is 2.50. The monoisotopic (exact) mass is 228 g/mol. The van der Waals surface area contributed by atoms with Crippen LogP contribution in [0.1, 0.15) is 46.0 Å². The van der Waals surface area contributed by atoms with Crippen molar-refractivity contribution in [3.8, 4) is 0 Å². The quantitative estimate of drug-likeness (QED) is 0.695. The Kier molecular flexibility index (Phi) is 7.01. The molecule has 0 radical (unpaired) electrons. The summed E-state index contributed by atoms with van der Waals surface area (Å²) in [7, 11) is 0. The van der Waals surface area contributed by atoms with Gasteiger partial charge in [-0.25, -0.2) is 0 Å². The van der Waals surface area contributed by atoms with Crippen molar-refractivity contribution in [3.05, 3.63) is 0 Å². The van der Waals surface area contributed by atoms with E-state index in [1.165, 1.54) is 25.8 Å². The first-order chi connectivity index (χ1) is 7.77. The summed E-state index contributed by atoms with van der Waals surface area (Å²) in [6.45, 7) is 8.86. The standard InChI is InChI=1S/C13H28N2O/c1-3-10-15(4-2)11-9-14-12-7-5-6-8-13(12)16/h12-14,16H,3-11H2,1-2H3/t12-,13-/m0/s1. The Morgan fingerprint density at radius 2 is 1.94 bits per heavy atom. The SMILES string of the molecule is CCCN(CC)CCN[C@H]1CCCC[C@@H]1O. The van der Waals surface area contributed by atoms with Crippen molar-refractivity contribution < 1.29 is 5.11 Å². The van der Waals surface area contributed by atoms with Crippen LogP contribution in [0.4, 0.5) is 0 Å². The fraction of sp³-hybridized carbons (Fsp3) is 1.00. The van der Waals surface area contributed by atoms with Crippen molar-refractivity contribution in [2.24, 2.45) is 0 Å². The van der Waals surface area contributed by atoms with Gasteiger partial charge in [-0.3, -0.25) is 0 Å². The molecule has 2 N–H and O–H groups in total. The number of rotatable bonds is 7. The summed E-state index contributed by atoms with van der Waals surface area (Å²) >= 11 is 0. The first-order valence-corrected chi connectivity index (χ1v) is 6.91. The topological polar surface area (TPSA) is 35.5 Å². The van der Waals surface area contributed by atoms with Crippen LogP contribution >= 0.6 is 0 Å². The normalized spacial score (nSPS) is 26.2. The largest absolute Gasteiger partial charge is 0.392 e. The third-order valence-corrected chi connectivity index (χ3v) is 3.55. The van der Waals surface area contributed by atoms with Gasteiger partial charge in [-0.05, 0) is 32.4 Å². The number of nitrogens with zero attached hydrogens (tertiary/aromatic N) is 1. The van der Waals surface area contributed by atoms with E-state index >= 15 is 0 Å². The molecule has 96 valence electrons. The Morgan fingerprint density at radius 3 is 2.56 bits per heavy atom. The van der Waals surface area contributed by atoms with Gasteiger partial charge in [-0.1, -0.05) is 26.7 Å². The lowest BCUT2D eigenvalue weighted by molar-refractivity contribution is 0.0894. The van der Waals surface area contributed by atoms with E-state index < -0.39 is 0 Å². The predicted octanol–water partition coefficient (Wildman–Crippen LogP) is 1.61. The highest BCUT2D eigenvalue weighted by atomic mass is 16.3. The van der Waals surface area contributed by atoms with Crippen LogP contribution in [0.25, 0.3) is 0 Å². The van der Waals surface area contributed by atoms with Gasteiger partial charge in [0, 0.05) is 19.1 Å². The molecule has 0 aliphatic heterocycles. The molecule has 3 heteroatoms. The molecule has 0 saturated heterocycles. The number of likely N-dealkylation sites (N-methyl/N-ethyl adjacent to an activating group) is 1. The summed E-state index contributed by atoms with van der Waals surface area (Å²) < 4.78 is 0. The van der Waals surface area contributed by atoms with Gasteiger partial charge in [-0.2, -0.15) is 0 Å². The molecule has 0 unspecified atom stereocenters. The highest BCUT2D eigenvalue weighted by Crippen LogP contribution is 2.17. The molecule has 1 saturated carbocycles. The first-order valence-electron chi connectivity index (χ1n) is 6.91. The van der Waals surface area contributed by atoms with Gasteiger partial charge in [0.15, 0.2) is 0 Å². The Balaban J connectivity index is 2.13. The van der Waals surface area contributed by atoms with E-state index in [-0.39, 0.29) is 6.10 Å². The van der Waals surface area contributed by atoms with Gasteiger partial charge in [0.1, 0.15) is 0 Å². The molecule has 0 aromatic heterocycles. The lowest BCUT2D eigenvalue weighted by Crippen LogP contribution is -2.45. The molecule has 0 heterocycles. The molecule has 0 aromatic carbocycles. The zero-order chi connectivity index (χ0) is 11.8. The molecule has 1 aliphatic rings. The van der Waals surface area contributed by atoms with E-state index in [0.29, 0.717) is 6.04 Å². The molecule has 0 amide bonds. The Hall–Kier alpha value is -0.120. The van der Waals surface area contributed by atoms with Crippen molar-refractivity contribution in [1.29, 1.82) is 0 Å². The second-order valence-electron chi connectivity index (χ2n) is 4.85. The van der Waals surface area contributed by atoms with Crippen molar-refractivity contribution in [3.63, 3.8) is 0 Å². The smallest absolute Gasteiger partial charge is 0.0693 e. The molecule has 1 aliphatic carbocycles. The van der Waals surface area contributed by atoms with E-state index in [9.17, 15) is 5.11 Å². The third kappa shape index (κ3) is 4.81. The zero-order valence-electron chi connectivity index (χ0n) is 10.9. The molecular formula is C13H28N2O. The van der Waals surface area contributed by atoms with Crippen LogP contribution in [0.2, 0.25) is 0 Å². The minimum Gasteiger partial charge on any atom is -0.392 e. The highest BCUT2D eigenvalue weighted by Gasteiger charge is 2.21. The van der Waals surface area contributed by atoms with Gasteiger partial charge in [-0.15, -0.1) is 0 Å². The van der Waals surface area contributed by atoms with E-state index in [1.807, 2.05) is 0 Å². The molecule has 16 heavy (non-hydrogen) atoms. The van der Waals surface area contributed by atoms with E-state index in [0.717, 1.165) is 32.5 Å². The van der Waals surface area contributed by atoms with E-state index in [1.54, 1.807) is 0 Å². The number of aliphatic hydroxyl groups is 1. The Bertz CT molecular complexity index is 175. The van der Waals surface area contributed by atoms with Crippen molar-refractivity contribution in [2.75, 3.05) is 26.2 Å². The third-order valence-electron chi connectivity index (χ3n) is 3.55. The summed E-state index contributed by atoms with van der Waals surface area (Å²) in [6, 6.07) is 0.342. The van der Waals surface area contributed by atoms with Crippen LogP contribution in [-0.2, 0) is 0 Å². The van der Waals surface area contributed by atoms with Crippen LogP contribution in [0.3, 0.4) is 0 Å². The Morgan fingerprint density at radius 1 is 1.19 bits per heavy atom. The summed E-state index contributed by atoms with van der Waals surface area (Å²) in [6.07, 6.45) is 5.68. The van der Waals surface area contributed by atoms with Crippen LogP contribution in [0.5, 0.6) is 0 Å². The maximum atomic E-state index is 9.82. The van der Waals surface area contributed by atoms with Gasteiger partial charge >= 0.3 is 0 Å². The maximum Gasteiger partial charge on any atom is 0.0693 e. The highest BCUT2D eigenvalue weighted by molar-refractivity contribution is 4.80. The summed E-state index contributed by atoms with van der Waals surface area (Å²) in [5.41, 5.74) is 0. The second-order valence-corrected chi connectivity index (χ2v) is 4.85. The number of nitrogens with one attached hydrogen (secondary N) is 1. The molecule has 3 nitrogen and oxygen atoms in total. The lowest BCUT2D eigenvalue weighted by Gasteiger charge is -2.29. The fourth-order valence-electron chi connectivity index (χ4n) is 2.50. The molecular weight excluding hydrogens is 200 g/mol. The van der Waals surface area contributed by atoms with E-state index in [2.05, 4.69) is 24.1 Å². The van der Waals surface area contributed by atoms with Crippen LogP contribution in [0, 0.1) is 0 Å². The van der Waals surface area contributed by atoms with E-state index in [4.69, 9.17) is 0 Å². The summed E-state index contributed by atoms with van der Waals surface area (Å²) in [5.74, 6) is 0. The molecule has 1 fully saturated rings. The predicted molar refractivity (Wildman–Crippen MR) is 68.7 cm³/mol. The minimum absolute atomic E-state index is 0.116. The van der Waals surface area contributed by atoms with Gasteiger partial charge in [0.2, 0.25) is 0 Å². The molecule has 2 atom stereocenters. The molecule has 0 aromatic rings. The van der Waals surface area contributed by atoms with Crippen LogP contribution in [0.15, 0.2) is 0 Å². The van der Waals surface area contributed by atoms with Crippen molar-refractivity contribution in [1.82, 2.24) is 10.2 Å². The number of aliphatic hydroxyl groups excluding tert-OH is 1. The summed E-state index contributed by atoms with van der Waals surface area (Å²) in [4.78, 5) is 2.46. The van der Waals surface area contributed by atoms with Crippen molar-refractivity contribution in [2.45, 2.75) is 58.1 Å². The van der Waals surface area contributed by atoms with Crippen LogP contribution < -0.4 is 5.32 Å². The lowest BCUT2D eigenvalue weighted by atomic mass is 9.93. The van der Waals surface area contributed by atoms with Crippen molar-refractivity contribution >= 4 is 0 Å². The number of hydrogen-bond donors (Lipinski definition) is 2. The Labute approximate surface area is 100 Å². The molecule has 0 bridgehead atoms. The molecule has 1 rings (SSSR count). The second kappa shape index (κ2) is 8.04. The van der Waals surface area contributed by atoms with Gasteiger partial charge in [0.05, 0.1) is 6.10 Å². The minimum atomic E-state index is -0.116. The van der Waals surface area contributed by atoms with Gasteiger partial charge < -0.3 is 15.3 Å². The average Bonchev–Trinajstić information content (AvgIpc) is 2.30. The van der Waals surface area contributed by atoms with Crippen LogP contribution in [-0.4, -0.2) is 48.3 Å². The average molecular weight is 228 g/mol. The zero-order valence-corrected chi connectivity index (χ0v) is 10.9. The molecule has 0 spiro atoms. The maximum absolute atomic E-state index is 9.82. The first kappa shape index (κ1) is 13.9. The van der Waals surface area contributed by atoms with Gasteiger partial charge in [0.25, 0.3) is 0 Å². The summed E-state index contributed by atoms with van der Waals surface area (Å²) in [5, 5.41) is 13.3.